The maximum absolute atomic E-state index is 13.2. The molecule has 1 amide bonds. The summed E-state index contributed by atoms with van der Waals surface area (Å²) in [5.41, 5.74) is 1.34. The highest BCUT2D eigenvalue weighted by Gasteiger charge is 2.20. The highest BCUT2D eigenvalue weighted by atomic mass is 19.2. The summed E-state index contributed by atoms with van der Waals surface area (Å²) < 4.78 is 31.5. The number of methoxy groups -OCH3 is 1. The number of anilines is 2. The molecule has 0 saturated carbocycles. The van der Waals surface area contributed by atoms with Gasteiger partial charge in [0.05, 0.1) is 12.8 Å². The van der Waals surface area contributed by atoms with Crippen molar-refractivity contribution in [1.82, 2.24) is 4.90 Å². The SMILES string of the molecule is COc1ccccc1N1CCN(CCC(=O)Nc2ccc(F)c(F)c2)CC1. The molecule has 1 N–H and O–H groups in total. The van der Waals surface area contributed by atoms with Gasteiger partial charge in [-0.3, -0.25) is 9.69 Å². The average molecular weight is 375 g/mol. The number of para-hydroxylation sites is 2. The number of piperazine rings is 1. The minimum absolute atomic E-state index is 0.215. The minimum Gasteiger partial charge on any atom is -0.495 e. The predicted molar refractivity (Wildman–Crippen MR) is 101 cm³/mol. The van der Waals surface area contributed by atoms with Crippen LogP contribution in [0.15, 0.2) is 42.5 Å². The number of nitrogens with zero attached hydrogens (tertiary/aromatic N) is 2. The van der Waals surface area contributed by atoms with E-state index in [1.807, 2.05) is 24.3 Å². The van der Waals surface area contributed by atoms with Crippen LogP contribution in [0.4, 0.5) is 20.2 Å². The van der Waals surface area contributed by atoms with Crippen molar-refractivity contribution in [2.45, 2.75) is 6.42 Å². The highest BCUT2D eigenvalue weighted by molar-refractivity contribution is 5.90. The number of ether oxygens (including phenoxy) is 1. The van der Waals surface area contributed by atoms with Crippen LogP contribution >= 0.6 is 0 Å². The molecule has 0 bridgehead atoms. The molecule has 1 aliphatic rings. The van der Waals surface area contributed by atoms with Crippen LogP contribution in [-0.2, 0) is 4.79 Å². The quantitative estimate of drug-likeness (QED) is 0.843. The van der Waals surface area contributed by atoms with E-state index in [0.717, 1.165) is 49.7 Å². The van der Waals surface area contributed by atoms with E-state index in [4.69, 9.17) is 4.74 Å². The monoisotopic (exact) mass is 375 g/mol. The molecule has 3 rings (SSSR count). The lowest BCUT2D eigenvalue weighted by atomic mass is 10.2. The van der Waals surface area contributed by atoms with Crippen molar-refractivity contribution in [1.29, 1.82) is 0 Å². The van der Waals surface area contributed by atoms with Gasteiger partial charge >= 0.3 is 0 Å². The normalized spacial score (nSPS) is 14.9. The van der Waals surface area contributed by atoms with E-state index in [2.05, 4.69) is 15.1 Å². The standard InChI is InChI=1S/C20H23F2N3O2/c1-27-19-5-3-2-4-18(19)25-12-10-24(11-13-25)9-8-20(26)23-15-6-7-16(21)17(22)14-15/h2-7,14H,8-13H2,1H3,(H,23,26). The number of hydrogen-bond donors (Lipinski definition) is 1. The molecule has 1 aliphatic heterocycles. The molecule has 144 valence electrons. The van der Waals surface area contributed by atoms with Crippen molar-refractivity contribution < 1.29 is 18.3 Å². The van der Waals surface area contributed by atoms with E-state index < -0.39 is 11.6 Å². The maximum atomic E-state index is 13.2. The second-order valence-electron chi connectivity index (χ2n) is 6.43. The van der Waals surface area contributed by atoms with E-state index >= 15 is 0 Å². The first kappa shape index (κ1) is 19.1. The van der Waals surface area contributed by atoms with E-state index in [1.54, 1.807) is 7.11 Å². The van der Waals surface area contributed by atoms with Gasteiger partial charge in [0.2, 0.25) is 5.91 Å². The first-order valence-electron chi connectivity index (χ1n) is 8.92. The van der Waals surface area contributed by atoms with Crippen molar-refractivity contribution in [2.75, 3.05) is 50.1 Å². The summed E-state index contributed by atoms with van der Waals surface area (Å²) in [5, 5.41) is 2.60. The van der Waals surface area contributed by atoms with Crippen molar-refractivity contribution in [3.63, 3.8) is 0 Å². The zero-order chi connectivity index (χ0) is 19.2. The van der Waals surface area contributed by atoms with Crippen molar-refractivity contribution in [2.24, 2.45) is 0 Å². The molecular weight excluding hydrogens is 352 g/mol. The first-order valence-corrected chi connectivity index (χ1v) is 8.92. The third kappa shape index (κ3) is 4.95. The Kier molecular flexibility index (Phi) is 6.24. The Bertz CT molecular complexity index is 793. The van der Waals surface area contributed by atoms with Gasteiger partial charge in [0.25, 0.3) is 0 Å². The smallest absolute Gasteiger partial charge is 0.225 e. The first-order chi connectivity index (χ1) is 13.1. The van der Waals surface area contributed by atoms with Gasteiger partial charge in [-0.1, -0.05) is 12.1 Å². The Balaban J connectivity index is 1.45. The molecule has 0 radical (unpaired) electrons. The van der Waals surface area contributed by atoms with Crippen LogP contribution in [0, 0.1) is 11.6 Å². The molecular formula is C20H23F2N3O2. The number of nitrogens with one attached hydrogen (secondary N) is 1. The molecule has 1 heterocycles. The summed E-state index contributed by atoms with van der Waals surface area (Å²) >= 11 is 0. The molecule has 0 atom stereocenters. The summed E-state index contributed by atoms with van der Waals surface area (Å²) in [6.07, 6.45) is 0.299. The number of benzene rings is 2. The Morgan fingerprint density at radius 3 is 2.52 bits per heavy atom. The fraction of sp³-hybridized carbons (Fsp3) is 0.350. The lowest BCUT2D eigenvalue weighted by Gasteiger charge is -2.36. The number of hydrogen-bond acceptors (Lipinski definition) is 4. The Morgan fingerprint density at radius 1 is 1.07 bits per heavy atom. The molecule has 0 aromatic heterocycles. The predicted octanol–water partition coefficient (Wildman–Crippen LogP) is 3.12. The van der Waals surface area contributed by atoms with Crippen LogP contribution in [-0.4, -0.2) is 50.6 Å². The van der Waals surface area contributed by atoms with Gasteiger partial charge in [0.15, 0.2) is 11.6 Å². The third-order valence-electron chi connectivity index (χ3n) is 4.66. The molecule has 0 unspecified atom stereocenters. The molecule has 0 aliphatic carbocycles. The van der Waals surface area contributed by atoms with Gasteiger partial charge in [-0.25, -0.2) is 8.78 Å². The van der Waals surface area contributed by atoms with Crippen LogP contribution in [0.3, 0.4) is 0 Å². The fourth-order valence-corrected chi connectivity index (χ4v) is 3.16. The number of carbonyl (C=O) groups is 1. The summed E-state index contributed by atoms with van der Waals surface area (Å²) in [7, 11) is 1.67. The minimum atomic E-state index is -0.972. The molecule has 2 aromatic rings. The van der Waals surface area contributed by atoms with Crippen LogP contribution in [0.1, 0.15) is 6.42 Å². The van der Waals surface area contributed by atoms with E-state index in [9.17, 15) is 13.6 Å². The molecule has 1 fully saturated rings. The Labute approximate surface area is 157 Å². The summed E-state index contributed by atoms with van der Waals surface area (Å²) in [6, 6.07) is 11.3. The largest absolute Gasteiger partial charge is 0.495 e. The van der Waals surface area contributed by atoms with E-state index in [-0.39, 0.29) is 11.6 Å². The number of carbonyl (C=O) groups excluding carboxylic acids is 1. The van der Waals surface area contributed by atoms with Gasteiger partial charge in [0, 0.05) is 50.9 Å². The van der Waals surface area contributed by atoms with Crippen LogP contribution in [0.2, 0.25) is 0 Å². The molecule has 5 nitrogen and oxygen atoms in total. The topological polar surface area (TPSA) is 44.8 Å². The van der Waals surface area contributed by atoms with Crippen molar-refractivity contribution in [3.8, 4) is 5.75 Å². The van der Waals surface area contributed by atoms with Crippen LogP contribution in [0.5, 0.6) is 5.75 Å². The van der Waals surface area contributed by atoms with Gasteiger partial charge in [-0.2, -0.15) is 0 Å². The summed E-state index contributed by atoms with van der Waals surface area (Å²) in [6.45, 7) is 4.01. The summed E-state index contributed by atoms with van der Waals surface area (Å²) in [4.78, 5) is 16.5. The van der Waals surface area contributed by atoms with Gasteiger partial charge in [-0.15, -0.1) is 0 Å². The van der Waals surface area contributed by atoms with Gasteiger partial charge in [-0.05, 0) is 24.3 Å². The third-order valence-corrected chi connectivity index (χ3v) is 4.66. The fourth-order valence-electron chi connectivity index (χ4n) is 3.16. The zero-order valence-corrected chi connectivity index (χ0v) is 15.3. The second-order valence-corrected chi connectivity index (χ2v) is 6.43. The number of rotatable bonds is 6. The summed E-state index contributed by atoms with van der Waals surface area (Å²) in [5.74, 6) is -1.26. The highest BCUT2D eigenvalue weighted by Crippen LogP contribution is 2.28. The molecule has 7 heteroatoms. The van der Waals surface area contributed by atoms with Gasteiger partial charge < -0.3 is 15.0 Å². The Hall–Kier alpha value is -2.67. The molecule has 2 aromatic carbocycles. The van der Waals surface area contributed by atoms with Crippen molar-refractivity contribution in [3.05, 3.63) is 54.1 Å². The van der Waals surface area contributed by atoms with Crippen LogP contribution in [0.25, 0.3) is 0 Å². The van der Waals surface area contributed by atoms with E-state index in [1.165, 1.54) is 6.07 Å². The lowest BCUT2D eigenvalue weighted by molar-refractivity contribution is -0.116. The lowest BCUT2D eigenvalue weighted by Crippen LogP contribution is -2.47. The Morgan fingerprint density at radius 2 is 1.81 bits per heavy atom. The number of halogens is 2. The molecule has 27 heavy (non-hydrogen) atoms. The maximum Gasteiger partial charge on any atom is 0.225 e. The average Bonchev–Trinajstić information content (AvgIpc) is 2.69. The number of amides is 1. The molecule has 1 saturated heterocycles. The van der Waals surface area contributed by atoms with Crippen molar-refractivity contribution >= 4 is 17.3 Å². The van der Waals surface area contributed by atoms with Crippen LogP contribution < -0.4 is 15.0 Å². The second kappa shape index (κ2) is 8.81. The molecule has 0 spiro atoms. The zero-order valence-electron chi connectivity index (χ0n) is 15.3. The van der Waals surface area contributed by atoms with Gasteiger partial charge in [0.1, 0.15) is 5.75 Å². The van der Waals surface area contributed by atoms with E-state index in [0.29, 0.717) is 13.0 Å².